The number of carbonyl (C=O) groups excluding carboxylic acids is 2. The Morgan fingerprint density at radius 3 is 2.05 bits per heavy atom. The first kappa shape index (κ1) is 16.5. The van der Waals surface area contributed by atoms with E-state index in [-0.39, 0.29) is 24.5 Å². The summed E-state index contributed by atoms with van der Waals surface area (Å²) in [4.78, 5) is 24.4. The van der Waals surface area contributed by atoms with Gasteiger partial charge < -0.3 is 9.47 Å². The molecule has 7 heteroatoms. The molecule has 0 aliphatic heterocycles. The average molecular weight is 326 g/mol. The summed E-state index contributed by atoms with van der Waals surface area (Å²) < 4.78 is 35.0. The Hall–Kier alpha value is -1.89. The lowest BCUT2D eigenvalue weighted by atomic mass is 10.1. The molecule has 0 bridgehead atoms. The van der Waals surface area contributed by atoms with E-state index in [2.05, 4.69) is 0 Å². The normalized spacial score (nSPS) is 19.3. The van der Waals surface area contributed by atoms with E-state index in [1.54, 1.807) is 32.0 Å². The molecule has 1 saturated carbocycles. The van der Waals surface area contributed by atoms with E-state index in [4.69, 9.17) is 9.47 Å². The lowest BCUT2D eigenvalue weighted by Crippen LogP contribution is -2.35. The molecule has 0 aromatic heterocycles. The third-order valence-electron chi connectivity index (χ3n) is 3.62. The quantitative estimate of drug-likeness (QED) is 0.579. The monoisotopic (exact) mass is 326 g/mol. The van der Waals surface area contributed by atoms with Crippen molar-refractivity contribution >= 4 is 21.8 Å². The maximum Gasteiger partial charge on any atom is 0.324 e. The van der Waals surface area contributed by atoms with Gasteiger partial charge in [-0.3, -0.25) is 9.59 Å². The van der Waals surface area contributed by atoms with Crippen LogP contribution in [0.5, 0.6) is 0 Å². The second-order valence-corrected chi connectivity index (χ2v) is 7.09. The van der Waals surface area contributed by atoms with Gasteiger partial charge in [0.2, 0.25) is 0 Å². The molecule has 1 aromatic rings. The topological polar surface area (TPSA) is 86.7 Å². The first-order valence-electron chi connectivity index (χ1n) is 7.04. The zero-order chi connectivity index (χ0) is 16.4. The van der Waals surface area contributed by atoms with Gasteiger partial charge >= 0.3 is 11.9 Å². The zero-order valence-corrected chi connectivity index (χ0v) is 13.3. The molecule has 0 N–H and O–H groups in total. The molecule has 22 heavy (non-hydrogen) atoms. The Morgan fingerprint density at radius 1 is 1.09 bits per heavy atom. The van der Waals surface area contributed by atoms with Crippen molar-refractivity contribution in [2.45, 2.75) is 30.4 Å². The fourth-order valence-electron chi connectivity index (χ4n) is 2.42. The molecule has 0 amide bonds. The molecule has 1 aliphatic rings. The molecule has 1 unspecified atom stereocenters. The van der Waals surface area contributed by atoms with Gasteiger partial charge in [-0.2, -0.15) is 0 Å². The minimum Gasteiger partial charge on any atom is -0.465 e. The maximum atomic E-state index is 12.6. The molecule has 120 valence electrons. The number of esters is 2. The van der Waals surface area contributed by atoms with Crippen LogP contribution in [-0.4, -0.2) is 38.8 Å². The lowest BCUT2D eigenvalue weighted by Gasteiger charge is -2.14. The number of carbonyl (C=O) groups is 2. The fraction of sp³-hybridized carbons (Fsp3) is 0.467. The van der Waals surface area contributed by atoms with Gasteiger partial charge in [0.25, 0.3) is 0 Å². The highest BCUT2D eigenvalue weighted by Crippen LogP contribution is 2.54. The number of benzene rings is 1. The van der Waals surface area contributed by atoms with Gasteiger partial charge in [-0.1, -0.05) is 18.2 Å². The molecule has 0 radical (unpaired) electrons. The summed E-state index contributed by atoms with van der Waals surface area (Å²) in [6, 6.07) is 7.75. The minimum atomic E-state index is -3.80. The highest BCUT2D eigenvalue weighted by atomic mass is 32.2. The predicted molar refractivity (Wildman–Crippen MR) is 77.7 cm³/mol. The van der Waals surface area contributed by atoms with Crippen molar-refractivity contribution in [2.24, 2.45) is 5.41 Å². The van der Waals surface area contributed by atoms with Crippen LogP contribution >= 0.6 is 0 Å². The molecule has 1 aromatic carbocycles. The van der Waals surface area contributed by atoms with Crippen molar-refractivity contribution in [1.82, 2.24) is 0 Å². The first-order chi connectivity index (χ1) is 10.4. The summed E-state index contributed by atoms with van der Waals surface area (Å²) in [6.45, 7) is 3.33. The summed E-state index contributed by atoms with van der Waals surface area (Å²) in [5.74, 6) is -1.67. The molecule has 1 aliphatic carbocycles. The van der Waals surface area contributed by atoms with Crippen molar-refractivity contribution < 1.29 is 27.5 Å². The average Bonchev–Trinajstić information content (AvgIpc) is 3.26. The Labute approximate surface area is 129 Å². The van der Waals surface area contributed by atoms with Gasteiger partial charge in [0.1, 0.15) is 0 Å². The molecular formula is C15H18O6S. The van der Waals surface area contributed by atoms with Crippen LogP contribution in [0.1, 0.15) is 20.3 Å². The molecule has 1 fully saturated rings. The van der Waals surface area contributed by atoms with Gasteiger partial charge in [-0.25, -0.2) is 8.42 Å². The van der Waals surface area contributed by atoms with Crippen LogP contribution in [0, 0.1) is 5.41 Å². The second kappa shape index (κ2) is 6.08. The zero-order valence-electron chi connectivity index (χ0n) is 12.4. The highest BCUT2D eigenvalue weighted by Gasteiger charge is 2.73. The SMILES string of the molecule is CCOC(=O)C1(C(=O)OCC)CC1S(=O)(=O)c1ccccc1. The molecule has 0 heterocycles. The van der Waals surface area contributed by atoms with E-state index in [0.29, 0.717) is 0 Å². The third kappa shape index (κ3) is 2.61. The minimum absolute atomic E-state index is 0.0676. The van der Waals surface area contributed by atoms with Gasteiger partial charge in [0.15, 0.2) is 15.3 Å². The third-order valence-corrected chi connectivity index (χ3v) is 5.87. The van der Waals surface area contributed by atoms with Crippen LogP contribution < -0.4 is 0 Å². The number of hydrogen-bond acceptors (Lipinski definition) is 6. The van der Waals surface area contributed by atoms with Crippen LogP contribution in [0.15, 0.2) is 35.2 Å². The van der Waals surface area contributed by atoms with E-state index in [1.807, 2.05) is 0 Å². The molecule has 0 saturated heterocycles. The van der Waals surface area contributed by atoms with Gasteiger partial charge in [0, 0.05) is 0 Å². The van der Waals surface area contributed by atoms with Crippen molar-refractivity contribution in [3.8, 4) is 0 Å². The number of sulfone groups is 1. The lowest BCUT2D eigenvalue weighted by molar-refractivity contribution is -0.163. The van der Waals surface area contributed by atoms with E-state index >= 15 is 0 Å². The fourth-order valence-corrected chi connectivity index (χ4v) is 4.48. The summed E-state index contributed by atoms with van der Waals surface area (Å²) >= 11 is 0. The van der Waals surface area contributed by atoms with Crippen LogP contribution in [0.4, 0.5) is 0 Å². The maximum absolute atomic E-state index is 12.6. The summed E-state index contributed by atoms with van der Waals surface area (Å²) in [7, 11) is -3.80. The van der Waals surface area contributed by atoms with E-state index in [9.17, 15) is 18.0 Å². The Kier molecular flexibility index (Phi) is 4.55. The number of hydrogen-bond donors (Lipinski definition) is 0. The number of ether oxygens (including phenoxy) is 2. The Morgan fingerprint density at radius 2 is 1.59 bits per heavy atom. The molecule has 0 spiro atoms. The molecule has 1 atom stereocenters. The second-order valence-electron chi connectivity index (χ2n) is 4.96. The highest BCUT2D eigenvalue weighted by molar-refractivity contribution is 7.92. The predicted octanol–water partition coefficient (Wildman–Crippen LogP) is 1.35. The molecule has 6 nitrogen and oxygen atoms in total. The Bertz CT molecular complexity index is 647. The van der Waals surface area contributed by atoms with Gasteiger partial charge in [-0.05, 0) is 32.4 Å². The van der Waals surface area contributed by atoms with E-state index < -0.39 is 32.4 Å². The molecular weight excluding hydrogens is 308 g/mol. The smallest absolute Gasteiger partial charge is 0.324 e. The van der Waals surface area contributed by atoms with Gasteiger partial charge in [-0.15, -0.1) is 0 Å². The largest absolute Gasteiger partial charge is 0.465 e. The van der Waals surface area contributed by atoms with E-state index in [0.717, 1.165) is 0 Å². The van der Waals surface area contributed by atoms with E-state index in [1.165, 1.54) is 12.1 Å². The molecule has 2 rings (SSSR count). The number of rotatable bonds is 6. The van der Waals surface area contributed by atoms with Gasteiger partial charge in [0.05, 0.1) is 23.4 Å². The standard InChI is InChI=1S/C15H18O6S/c1-3-20-13(16)15(14(17)21-4-2)10-12(15)22(18,19)11-8-6-5-7-9-11/h5-9,12H,3-4,10H2,1-2H3. The first-order valence-corrected chi connectivity index (χ1v) is 8.59. The Balaban J connectivity index is 2.37. The van der Waals surface area contributed by atoms with Crippen molar-refractivity contribution in [3.05, 3.63) is 30.3 Å². The van der Waals surface area contributed by atoms with Crippen LogP contribution in [0.2, 0.25) is 0 Å². The van der Waals surface area contributed by atoms with Crippen molar-refractivity contribution in [1.29, 1.82) is 0 Å². The summed E-state index contributed by atoms with van der Waals surface area (Å²) in [5.41, 5.74) is -1.74. The van der Waals surface area contributed by atoms with Crippen molar-refractivity contribution in [3.63, 3.8) is 0 Å². The van der Waals surface area contributed by atoms with Crippen LogP contribution in [0.25, 0.3) is 0 Å². The van der Waals surface area contributed by atoms with Crippen LogP contribution in [0.3, 0.4) is 0 Å². The summed E-state index contributed by atoms with van der Waals surface area (Å²) in [5, 5.41) is -1.14. The van der Waals surface area contributed by atoms with Crippen LogP contribution in [-0.2, 0) is 28.9 Å². The van der Waals surface area contributed by atoms with Crippen molar-refractivity contribution in [2.75, 3.05) is 13.2 Å². The summed E-state index contributed by atoms with van der Waals surface area (Å²) in [6.07, 6.45) is -0.109.